The third kappa shape index (κ3) is 2.52. The maximum atomic E-state index is 5.76. The van der Waals surface area contributed by atoms with E-state index in [1.54, 1.807) is 0 Å². The van der Waals surface area contributed by atoms with Crippen molar-refractivity contribution in [3.63, 3.8) is 0 Å². The molecule has 0 radical (unpaired) electrons. The molecular formula is C15H19N3O2S. The Labute approximate surface area is 127 Å². The van der Waals surface area contributed by atoms with Gasteiger partial charge in [-0.15, -0.1) is 21.5 Å². The minimum absolute atomic E-state index is 0.149. The van der Waals surface area contributed by atoms with Crippen LogP contribution < -0.4 is 0 Å². The Morgan fingerprint density at radius 1 is 1.48 bits per heavy atom. The van der Waals surface area contributed by atoms with E-state index in [1.165, 1.54) is 4.88 Å². The van der Waals surface area contributed by atoms with Gasteiger partial charge in [0.15, 0.2) is 0 Å². The van der Waals surface area contributed by atoms with Crippen LogP contribution in [-0.2, 0) is 17.7 Å². The second-order valence-electron chi connectivity index (χ2n) is 6.22. The summed E-state index contributed by atoms with van der Waals surface area (Å²) in [5.74, 6) is 1.97. The number of aromatic nitrogens is 2. The molecule has 0 aromatic carbocycles. The molecule has 2 aliphatic heterocycles. The van der Waals surface area contributed by atoms with E-state index in [2.05, 4.69) is 32.6 Å². The highest BCUT2D eigenvalue weighted by molar-refractivity contribution is 7.09. The van der Waals surface area contributed by atoms with Crippen molar-refractivity contribution in [3.05, 3.63) is 34.2 Å². The van der Waals surface area contributed by atoms with Gasteiger partial charge < -0.3 is 9.15 Å². The first-order valence-electron chi connectivity index (χ1n) is 7.35. The number of fused-ring (bicyclic) bond motifs is 1. The largest absolute Gasteiger partial charge is 0.426 e. The second-order valence-corrected chi connectivity index (χ2v) is 7.25. The summed E-state index contributed by atoms with van der Waals surface area (Å²) >= 11 is 1.83. The van der Waals surface area contributed by atoms with Crippen LogP contribution in [0.4, 0.5) is 0 Å². The Kier molecular flexibility index (Phi) is 3.32. The molecule has 2 aromatic rings. The molecule has 0 N–H and O–H groups in total. The summed E-state index contributed by atoms with van der Waals surface area (Å²) in [5, 5.41) is 10.3. The number of thiophene rings is 1. The Balaban J connectivity index is 1.50. The zero-order valence-corrected chi connectivity index (χ0v) is 12.9. The molecule has 0 spiro atoms. The third-order valence-electron chi connectivity index (χ3n) is 4.62. The lowest BCUT2D eigenvalue weighted by molar-refractivity contribution is 0.123. The summed E-state index contributed by atoms with van der Waals surface area (Å²) in [6, 6.07) is 4.33. The summed E-state index contributed by atoms with van der Waals surface area (Å²) in [6.45, 7) is 6.70. The Bertz CT molecular complexity index is 612. The molecule has 21 heavy (non-hydrogen) atoms. The van der Waals surface area contributed by atoms with E-state index in [0.717, 1.165) is 45.2 Å². The fraction of sp³-hybridized carbons (Fsp3) is 0.600. The molecule has 6 heteroatoms. The van der Waals surface area contributed by atoms with Crippen LogP contribution in [0.2, 0.25) is 0 Å². The predicted octanol–water partition coefficient (Wildman–Crippen LogP) is 2.13. The van der Waals surface area contributed by atoms with Gasteiger partial charge in [0.05, 0.1) is 13.2 Å². The molecule has 0 saturated carbocycles. The predicted molar refractivity (Wildman–Crippen MR) is 79.1 cm³/mol. The molecule has 2 saturated heterocycles. The molecule has 112 valence electrons. The van der Waals surface area contributed by atoms with Crippen molar-refractivity contribution in [1.82, 2.24) is 15.1 Å². The van der Waals surface area contributed by atoms with E-state index in [9.17, 15) is 0 Å². The van der Waals surface area contributed by atoms with Crippen molar-refractivity contribution >= 4 is 11.3 Å². The van der Waals surface area contributed by atoms with Gasteiger partial charge in [-0.25, -0.2) is 0 Å². The van der Waals surface area contributed by atoms with Gasteiger partial charge in [-0.05, 0) is 11.4 Å². The molecule has 2 aliphatic rings. The van der Waals surface area contributed by atoms with Gasteiger partial charge in [-0.1, -0.05) is 6.07 Å². The first-order valence-corrected chi connectivity index (χ1v) is 8.23. The summed E-state index contributed by atoms with van der Waals surface area (Å²) in [5.41, 5.74) is 0.149. The van der Waals surface area contributed by atoms with Gasteiger partial charge in [0.25, 0.3) is 0 Å². The van der Waals surface area contributed by atoms with Crippen molar-refractivity contribution in [3.8, 4) is 0 Å². The highest BCUT2D eigenvalue weighted by atomic mass is 32.1. The molecule has 4 rings (SSSR count). The van der Waals surface area contributed by atoms with E-state index in [4.69, 9.17) is 9.15 Å². The van der Waals surface area contributed by atoms with Gasteiger partial charge in [-0.3, -0.25) is 4.90 Å². The average molecular weight is 305 g/mol. The fourth-order valence-corrected chi connectivity index (χ4v) is 4.39. The standard InChI is InChI=1S/C15H19N3O2S/c1-11-16-17-14(20-11)5-15-9-18(6-12(15)8-19-10-15)7-13-3-2-4-21-13/h2-4,12H,5-10H2,1H3/t12-,15+/m0/s1. The molecule has 5 nitrogen and oxygen atoms in total. The summed E-state index contributed by atoms with van der Waals surface area (Å²) < 4.78 is 11.4. The number of hydrogen-bond acceptors (Lipinski definition) is 6. The van der Waals surface area contributed by atoms with Crippen LogP contribution >= 0.6 is 11.3 Å². The zero-order chi connectivity index (χ0) is 14.3. The van der Waals surface area contributed by atoms with Crippen LogP contribution in [0.1, 0.15) is 16.7 Å². The van der Waals surface area contributed by atoms with Gasteiger partial charge >= 0.3 is 0 Å². The van der Waals surface area contributed by atoms with Crippen LogP contribution in [0.5, 0.6) is 0 Å². The molecule has 0 aliphatic carbocycles. The Morgan fingerprint density at radius 3 is 3.19 bits per heavy atom. The number of likely N-dealkylation sites (tertiary alicyclic amines) is 1. The van der Waals surface area contributed by atoms with E-state index in [0.29, 0.717) is 11.8 Å². The third-order valence-corrected chi connectivity index (χ3v) is 5.48. The van der Waals surface area contributed by atoms with Crippen LogP contribution in [0.25, 0.3) is 0 Å². The minimum atomic E-state index is 0.149. The van der Waals surface area contributed by atoms with Crippen LogP contribution in [0.15, 0.2) is 21.9 Å². The number of ether oxygens (including phenoxy) is 1. The van der Waals surface area contributed by atoms with Crippen molar-refractivity contribution in [2.75, 3.05) is 26.3 Å². The van der Waals surface area contributed by atoms with Crippen molar-refractivity contribution in [1.29, 1.82) is 0 Å². The second kappa shape index (κ2) is 5.19. The van der Waals surface area contributed by atoms with Gasteiger partial charge in [-0.2, -0.15) is 0 Å². The molecule has 0 bridgehead atoms. The maximum absolute atomic E-state index is 5.76. The molecule has 2 atom stereocenters. The van der Waals surface area contributed by atoms with Crippen LogP contribution in [0.3, 0.4) is 0 Å². The lowest BCUT2D eigenvalue weighted by atomic mass is 9.78. The van der Waals surface area contributed by atoms with Crippen LogP contribution in [0, 0.1) is 18.3 Å². The molecule has 2 fully saturated rings. The lowest BCUT2D eigenvalue weighted by Gasteiger charge is -2.25. The van der Waals surface area contributed by atoms with Crippen molar-refractivity contribution < 1.29 is 9.15 Å². The van der Waals surface area contributed by atoms with Gasteiger partial charge in [0.2, 0.25) is 11.8 Å². The summed E-state index contributed by atoms with van der Waals surface area (Å²) in [7, 11) is 0. The van der Waals surface area contributed by atoms with E-state index < -0.39 is 0 Å². The quantitative estimate of drug-likeness (QED) is 0.866. The monoisotopic (exact) mass is 305 g/mol. The number of hydrogen-bond donors (Lipinski definition) is 0. The number of rotatable bonds is 4. The fourth-order valence-electron chi connectivity index (χ4n) is 3.65. The SMILES string of the molecule is Cc1nnc(C[C@@]23COC[C@@H]2CN(Cc2cccs2)C3)o1. The van der Waals surface area contributed by atoms with Gasteiger partial charge in [0.1, 0.15) is 0 Å². The molecule has 2 aromatic heterocycles. The lowest BCUT2D eigenvalue weighted by Crippen LogP contribution is -2.33. The molecule has 4 heterocycles. The highest BCUT2D eigenvalue weighted by Crippen LogP contribution is 2.44. The highest BCUT2D eigenvalue weighted by Gasteiger charge is 2.51. The normalized spacial score (nSPS) is 29.1. The van der Waals surface area contributed by atoms with Crippen molar-refractivity contribution in [2.24, 2.45) is 11.3 Å². The number of aryl methyl sites for hydroxylation is 1. The zero-order valence-electron chi connectivity index (χ0n) is 12.1. The molecule has 0 unspecified atom stereocenters. The molecular weight excluding hydrogens is 286 g/mol. The Hall–Kier alpha value is -1.24. The van der Waals surface area contributed by atoms with E-state index >= 15 is 0 Å². The Morgan fingerprint density at radius 2 is 2.43 bits per heavy atom. The smallest absolute Gasteiger partial charge is 0.217 e. The first-order chi connectivity index (χ1) is 10.2. The molecule has 0 amide bonds. The first kappa shape index (κ1) is 13.4. The average Bonchev–Trinajstić information content (AvgIpc) is 3.16. The number of nitrogens with zero attached hydrogens (tertiary/aromatic N) is 3. The van der Waals surface area contributed by atoms with Crippen molar-refractivity contribution in [2.45, 2.75) is 19.9 Å². The topological polar surface area (TPSA) is 51.4 Å². The van der Waals surface area contributed by atoms with Gasteiger partial charge in [0, 0.05) is 49.2 Å². The van der Waals surface area contributed by atoms with Crippen LogP contribution in [-0.4, -0.2) is 41.4 Å². The maximum Gasteiger partial charge on any atom is 0.217 e. The van der Waals surface area contributed by atoms with E-state index in [1.807, 2.05) is 18.3 Å². The summed E-state index contributed by atoms with van der Waals surface area (Å²) in [4.78, 5) is 3.97. The minimum Gasteiger partial charge on any atom is -0.426 e. The summed E-state index contributed by atoms with van der Waals surface area (Å²) in [6.07, 6.45) is 0.833. The van der Waals surface area contributed by atoms with E-state index in [-0.39, 0.29) is 5.41 Å².